The lowest BCUT2D eigenvalue weighted by Crippen LogP contribution is -1.98. The van der Waals surface area contributed by atoms with E-state index >= 15 is 0 Å². The first-order valence-electron chi connectivity index (χ1n) is 10.4. The molecule has 0 N–H and O–H groups in total. The summed E-state index contributed by atoms with van der Waals surface area (Å²) in [5.41, 5.74) is 14.9. The number of aryl methyl sites for hydroxylation is 1. The van der Waals surface area contributed by atoms with Crippen LogP contribution < -0.4 is 0 Å². The van der Waals surface area contributed by atoms with Crippen molar-refractivity contribution in [3.63, 3.8) is 0 Å². The van der Waals surface area contributed by atoms with Crippen molar-refractivity contribution in [3.05, 3.63) is 94.0 Å². The van der Waals surface area contributed by atoms with Crippen LogP contribution in [0.25, 0.3) is 33.0 Å². The van der Waals surface area contributed by atoms with Crippen LogP contribution in [0, 0.1) is 6.92 Å². The fraction of sp³-hybridized carbons (Fsp3) is 0.214. The van der Waals surface area contributed by atoms with Gasteiger partial charge in [-0.2, -0.15) is 0 Å². The van der Waals surface area contributed by atoms with Gasteiger partial charge in [0.25, 0.3) is 0 Å². The predicted molar refractivity (Wildman–Crippen MR) is 119 cm³/mol. The molecule has 0 aliphatic heterocycles. The fourth-order valence-electron chi connectivity index (χ4n) is 5.67. The van der Waals surface area contributed by atoms with Crippen LogP contribution in [-0.2, 0) is 12.8 Å². The highest BCUT2D eigenvalue weighted by atomic mass is 14.3. The predicted octanol–water partition coefficient (Wildman–Crippen LogP) is 7.41. The molecule has 6 rings (SSSR count). The van der Waals surface area contributed by atoms with Gasteiger partial charge < -0.3 is 0 Å². The molecule has 2 aliphatic rings. The molecule has 0 aromatic heterocycles. The van der Waals surface area contributed by atoms with Crippen molar-refractivity contribution in [2.45, 2.75) is 39.5 Å². The Hall–Kier alpha value is -2.86. The van der Waals surface area contributed by atoms with Crippen LogP contribution in [0.4, 0.5) is 0 Å². The Morgan fingerprint density at radius 3 is 2.36 bits per heavy atom. The molecular weight excluding hydrogens is 336 g/mol. The van der Waals surface area contributed by atoms with Crippen molar-refractivity contribution in [3.8, 4) is 22.3 Å². The molecule has 0 nitrogen and oxygen atoms in total. The number of hydrogen-bond acceptors (Lipinski definition) is 0. The standard InChI is InChI=1S/C28H24/c1-16(2)27-17(3)8-11-23-24-13-20-12-19-10-9-18-6-4-5-7-22(18)28(19)25(20)14-21(24)15-26(23)27/h4-11,13-14,16H,12,15H2,1-3H3. The summed E-state index contributed by atoms with van der Waals surface area (Å²) in [5, 5.41) is 2.74. The van der Waals surface area contributed by atoms with Crippen molar-refractivity contribution < 1.29 is 0 Å². The maximum atomic E-state index is 2.50. The first-order valence-corrected chi connectivity index (χ1v) is 10.4. The van der Waals surface area contributed by atoms with E-state index in [2.05, 4.69) is 81.4 Å². The van der Waals surface area contributed by atoms with Crippen molar-refractivity contribution in [1.82, 2.24) is 0 Å². The summed E-state index contributed by atoms with van der Waals surface area (Å²) in [6, 6.07) is 23.1. The van der Waals surface area contributed by atoms with Gasteiger partial charge in [-0.3, -0.25) is 0 Å². The minimum atomic E-state index is 0.570. The van der Waals surface area contributed by atoms with E-state index in [9.17, 15) is 0 Å². The highest BCUT2D eigenvalue weighted by Gasteiger charge is 2.28. The Balaban J connectivity index is 1.58. The zero-order chi connectivity index (χ0) is 19.0. The molecule has 0 fully saturated rings. The summed E-state index contributed by atoms with van der Waals surface area (Å²) in [6.07, 6.45) is 2.13. The van der Waals surface area contributed by atoms with Gasteiger partial charge in [0, 0.05) is 0 Å². The summed E-state index contributed by atoms with van der Waals surface area (Å²) in [5.74, 6) is 0.570. The summed E-state index contributed by atoms with van der Waals surface area (Å²) in [6.45, 7) is 6.92. The monoisotopic (exact) mass is 360 g/mol. The van der Waals surface area contributed by atoms with Gasteiger partial charge in [0.1, 0.15) is 0 Å². The van der Waals surface area contributed by atoms with E-state index in [1.165, 1.54) is 55.3 Å². The van der Waals surface area contributed by atoms with Crippen LogP contribution in [0.3, 0.4) is 0 Å². The molecule has 0 amide bonds. The molecule has 0 atom stereocenters. The zero-order valence-electron chi connectivity index (χ0n) is 16.8. The topological polar surface area (TPSA) is 0 Å². The molecule has 0 unspecified atom stereocenters. The van der Waals surface area contributed by atoms with E-state index in [1.54, 1.807) is 11.1 Å². The molecule has 136 valence electrons. The van der Waals surface area contributed by atoms with Crippen LogP contribution in [0.2, 0.25) is 0 Å². The van der Waals surface area contributed by atoms with E-state index in [4.69, 9.17) is 0 Å². The number of fused-ring (bicyclic) bond motifs is 8. The third-order valence-corrected chi connectivity index (χ3v) is 6.80. The van der Waals surface area contributed by atoms with Crippen LogP contribution in [-0.4, -0.2) is 0 Å². The van der Waals surface area contributed by atoms with Crippen molar-refractivity contribution in [2.24, 2.45) is 0 Å². The Bertz CT molecular complexity index is 1290. The summed E-state index contributed by atoms with van der Waals surface area (Å²) in [7, 11) is 0. The second-order valence-corrected chi connectivity index (χ2v) is 8.82. The van der Waals surface area contributed by atoms with E-state index in [0.29, 0.717) is 5.92 Å². The quantitative estimate of drug-likeness (QED) is 0.286. The Morgan fingerprint density at radius 2 is 1.50 bits per heavy atom. The van der Waals surface area contributed by atoms with Gasteiger partial charge in [-0.15, -0.1) is 0 Å². The van der Waals surface area contributed by atoms with Gasteiger partial charge in [0.15, 0.2) is 0 Å². The molecule has 4 aromatic rings. The SMILES string of the molecule is Cc1ccc2c(c1C(C)C)Cc1cc3c(cc1-2)Cc1ccc2ccccc2c1-3. The smallest absolute Gasteiger partial charge is 0.00103 e. The van der Waals surface area contributed by atoms with Gasteiger partial charge in [-0.05, 0) is 104 Å². The van der Waals surface area contributed by atoms with Gasteiger partial charge in [-0.25, -0.2) is 0 Å². The van der Waals surface area contributed by atoms with E-state index < -0.39 is 0 Å². The molecule has 0 saturated heterocycles. The minimum absolute atomic E-state index is 0.570. The molecule has 4 aromatic carbocycles. The minimum Gasteiger partial charge on any atom is -0.0616 e. The molecule has 2 aliphatic carbocycles. The molecule has 0 heterocycles. The second kappa shape index (κ2) is 5.58. The van der Waals surface area contributed by atoms with E-state index in [0.717, 1.165) is 12.8 Å². The largest absolute Gasteiger partial charge is 0.0616 e. The van der Waals surface area contributed by atoms with Gasteiger partial charge in [-0.1, -0.05) is 62.4 Å². The van der Waals surface area contributed by atoms with Crippen molar-refractivity contribution in [2.75, 3.05) is 0 Å². The van der Waals surface area contributed by atoms with Crippen LogP contribution >= 0.6 is 0 Å². The Kier molecular flexibility index (Phi) is 3.21. The number of hydrogen-bond donors (Lipinski definition) is 0. The average molecular weight is 361 g/mol. The number of rotatable bonds is 1. The fourth-order valence-corrected chi connectivity index (χ4v) is 5.67. The Labute approximate surface area is 166 Å². The second-order valence-electron chi connectivity index (χ2n) is 8.82. The van der Waals surface area contributed by atoms with E-state index in [-0.39, 0.29) is 0 Å². The number of benzene rings is 4. The first-order chi connectivity index (χ1) is 13.6. The van der Waals surface area contributed by atoms with Crippen molar-refractivity contribution >= 4 is 10.8 Å². The highest BCUT2D eigenvalue weighted by Crippen LogP contribution is 2.48. The van der Waals surface area contributed by atoms with Gasteiger partial charge in [0.2, 0.25) is 0 Å². The molecule has 28 heavy (non-hydrogen) atoms. The first kappa shape index (κ1) is 16.1. The maximum absolute atomic E-state index is 2.50. The molecular formula is C28H24. The summed E-state index contributed by atoms with van der Waals surface area (Å²) < 4.78 is 0. The third kappa shape index (κ3) is 2.06. The third-order valence-electron chi connectivity index (χ3n) is 6.80. The average Bonchev–Trinajstić information content (AvgIpc) is 3.22. The molecule has 0 bridgehead atoms. The van der Waals surface area contributed by atoms with Crippen LogP contribution in [0.1, 0.15) is 53.1 Å². The zero-order valence-corrected chi connectivity index (χ0v) is 16.8. The molecule has 0 heteroatoms. The lowest BCUT2D eigenvalue weighted by atomic mass is 9.89. The van der Waals surface area contributed by atoms with E-state index in [1.807, 2.05) is 0 Å². The maximum Gasteiger partial charge on any atom is -0.00103 e. The molecule has 0 radical (unpaired) electrons. The van der Waals surface area contributed by atoms with Crippen LogP contribution in [0.15, 0.2) is 60.7 Å². The lowest BCUT2D eigenvalue weighted by Gasteiger charge is -2.15. The van der Waals surface area contributed by atoms with Gasteiger partial charge >= 0.3 is 0 Å². The molecule has 0 saturated carbocycles. The van der Waals surface area contributed by atoms with Crippen molar-refractivity contribution in [1.29, 1.82) is 0 Å². The van der Waals surface area contributed by atoms with Gasteiger partial charge in [0.05, 0.1) is 0 Å². The summed E-state index contributed by atoms with van der Waals surface area (Å²) >= 11 is 0. The lowest BCUT2D eigenvalue weighted by molar-refractivity contribution is 0.842. The normalized spacial score (nSPS) is 13.6. The molecule has 0 spiro atoms. The Morgan fingerprint density at radius 1 is 0.714 bits per heavy atom. The highest BCUT2D eigenvalue weighted by molar-refractivity contribution is 6.02. The van der Waals surface area contributed by atoms with Crippen LogP contribution in [0.5, 0.6) is 0 Å². The summed E-state index contributed by atoms with van der Waals surface area (Å²) in [4.78, 5) is 0.